The minimum atomic E-state index is 0.596. The molecule has 0 unspecified atom stereocenters. The Morgan fingerprint density at radius 3 is 2.78 bits per heavy atom. The molecule has 1 aliphatic heterocycles. The summed E-state index contributed by atoms with van der Waals surface area (Å²) in [5.41, 5.74) is 1.05. The lowest BCUT2D eigenvalue weighted by molar-refractivity contribution is 0.180. The third-order valence-corrected chi connectivity index (χ3v) is 4.80. The van der Waals surface area contributed by atoms with Crippen LogP contribution in [-0.4, -0.2) is 32.7 Å². The summed E-state index contributed by atoms with van der Waals surface area (Å²) in [4.78, 5) is 7.10. The average molecular weight is 316 g/mol. The molecule has 5 heteroatoms. The first-order valence-corrected chi connectivity index (χ1v) is 8.98. The summed E-state index contributed by atoms with van der Waals surface area (Å²) in [7, 11) is 0. The molecule has 0 aliphatic carbocycles. The van der Waals surface area contributed by atoms with E-state index in [-0.39, 0.29) is 0 Å². The highest BCUT2D eigenvalue weighted by molar-refractivity contribution is 5.06. The van der Waals surface area contributed by atoms with Crippen LogP contribution in [0.4, 0.5) is 0 Å². The second-order valence-electron chi connectivity index (χ2n) is 6.52. The zero-order valence-corrected chi connectivity index (χ0v) is 14.4. The molecule has 23 heavy (non-hydrogen) atoms. The average Bonchev–Trinajstić information content (AvgIpc) is 3.22. The highest BCUT2D eigenvalue weighted by Crippen LogP contribution is 2.28. The van der Waals surface area contributed by atoms with E-state index in [1.807, 2.05) is 6.20 Å². The molecule has 1 fully saturated rings. The molecule has 0 aromatic carbocycles. The normalized spacial score (nSPS) is 17.0. The number of nitrogens with zero attached hydrogens (tertiary/aromatic N) is 4. The molecule has 0 radical (unpaired) electrons. The summed E-state index contributed by atoms with van der Waals surface area (Å²) in [5, 5.41) is 4.08. The first-order chi connectivity index (χ1) is 11.3. The zero-order chi connectivity index (χ0) is 16.1. The minimum Gasteiger partial charge on any atom is -0.360 e. The Morgan fingerprint density at radius 1 is 1.26 bits per heavy atom. The van der Waals surface area contributed by atoms with E-state index in [0.717, 1.165) is 44.1 Å². The Hall–Kier alpha value is -1.62. The van der Waals surface area contributed by atoms with Gasteiger partial charge >= 0.3 is 0 Å². The van der Waals surface area contributed by atoms with E-state index in [2.05, 4.69) is 45.7 Å². The molecule has 1 saturated heterocycles. The molecule has 0 saturated carbocycles. The first-order valence-electron chi connectivity index (χ1n) is 8.98. The lowest BCUT2D eigenvalue weighted by Crippen LogP contribution is -2.33. The number of aryl methyl sites for hydroxylation is 2. The molecule has 0 spiro atoms. The summed E-state index contributed by atoms with van der Waals surface area (Å²) in [6.07, 6.45) is 9.85. The number of aromatic nitrogens is 3. The number of imidazole rings is 1. The van der Waals surface area contributed by atoms with Crippen LogP contribution in [0, 0.1) is 0 Å². The topological polar surface area (TPSA) is 47.1 Å². The number of rotatable bonds is 7. The van der Waals surface area contributed by atoms with Gasteiger partial charge < -0.3 is 9.09 Å². The van der Waals surface area contributed by atoms with Crippen LogP contribution < -0.4 is 0 Å². The smallest absolute Gasteiger partial charge is 0.150 e. The van der Waals surface area contributed by atoms with Gasteiger partial charge in [-0.25, -0.2) is 4.98 Å². The predicted octanol–water partition coefficient (Wildman–Crippen LogP) is 3.61. The van der Waals surface area contributed by atoms with E-state index < -0.39 is 0 Å². The lowest BCUT2D eigenvalue weighted by atomic mass is 9.95. The molecule has 0 bridgehead atoms. The van der Waals surface area contributed by atoms with E-state index >= 15 is 0 Å². The Kier molecular flexibility index (Phi) is 5.49. The molecule has 126 valence electrons. The van der Waals surface area contributed by atoms with Gasteiger partial charge in [0.05, 0.1) is 12.2 Å². The molecule has 0 amide bonds. The third-order valence-electron chi connectivity index (χ3n) is 4.80. The van der Waals surface area contributed by atoms with Gasteiger partial charge in [-0.15, -0.1) is 0 Å². The van der Waals surface area contributed by atoms with Gasteiger partial charge in [0.1, 0.15) is 5.82 Å². The quantitative estimate of drug-likeness (QED) is 0.783. The molecule has 2 aromatic rings. The molecular formula is C18H28N4O. The van der Waals surface area contributed by atoms with Crippen LogP contribution in [0.5, 0.6) is 0 Å². The maximum Gasteiger partial charge on any atom is 0.150 e. The number of unbranched alkanes of at least 4 members (excludes halogenated alkanes) is 1. The van der Waals surface area contributed by atoms with Gasteiger partial charge in [0, 0.05) is 30.9 Å². The monoisotopic (exact) mass is 316 g/mol. The van der Waals surface area contributed by atoms with Crippen molar-refractivity contribution in [3.8, 4) is 0 Å². The van der Waals surface area contributed by atoms with Gasteiger partial charge in [-0.1, -0.05) is 25.4 Å². The molecule has 3 heterocycles. The van der Waals surface area contributed by atoms with Crippen molar-refractivity contribution in [2.24, 2.45) is 0 Å². The maximum absolute atomic E-state index is 5.41. The summed E-state index contributed by atoms with van der Waals surface area (Å²) in [5.74, 6) is 2.87. The van der Waals surface area contributed by atoms with E-state index in [1.54, 1.807) is 0 Å². The molecule has 3 rings (SSSR count). The summed E-state index contributed by atoms with van der Waals surface area (Å²) < 4.78 is 7.77. The Morgan fingerprint density at radius 2 is 2.09 bits per heavy atom. The molecular weight excluding hydrogens is 288 g/mol. The Labute approximate surface area is 138 Å². The largest absolute Gasteiger partial charge is 0.360 e. The van der Waals surface area contributed by atoms with E-state index in [9.17, 15) is 0 Å². The molecule has 1 aliphatic rings. The fourth-order valence-electron chi connectivity index (χ4n) is 3.36. The van der Waals surface area contributed by atoms with Crippen molar-refractivity contribution in [2.45, 2.75) is 65.0 Å². The van der Waals surface area contributed by atoms with Crippen LogP contribution in [0.2, 0.25) is 0 Å². The minimum absolute atomic E-state index is 0.596. The SMILES string of the molecule is CCCCn1ccnc1C1CCN(Cc2cc(CC)no2)CC1. The van der Waals surface area contributed by atoms with E-state index in [4.69, 9.17) is 4.52 Å². The van der Waals surface area contributed by atoms with Gasteiger partial charge in [-0.05, 0) is 38.8 Å². The third kappa shape index (κ3) is 4.02. The highest BCUT2D eigenvalue weighted by Gasteiger charge is 2.24. The van der Waals surface area contributed by atoms with Crippen LogP contribution in [0.15, 0.2) is 23.0 Å². The van der Waals surface area contributed by atoms with Crippen molar-refractivity contribution in [1.29, 1.82) is 0 Å². The molecule has 5 nitrogen and oxygen atoms in total. The van der Waals surface area contributed by atoms with Crippen molar-refractivity contribution < 1.29 is 4.52 Å². The Balaban J connectivity index is 1.53. The summed E-state index contributed by atoms with van der Waals surface area (Å²) in [6.45, 7) is 8.53. The predicted molar refractivity (Wildman–Crippen MR) is 90.3 cm³/mol. The van der Waals surface area contributed by atoms with E-state index in [1.165, 1.54) is 31.5 Å². The number of hydrogen-bond acceptors (Lipinski definition) is 4. The van der Waals surface area contributed by atoms with Gasteiger partial charge in [-0.3, -0.25) is 4.90 Å². The fourth-order valence-corrected chi connectivity index (χ4v) is 3.36. The van der Waals surface area contributed by atoms with Crippen molar-refractivity contribution in [3.05, 3.63) is 35.7 Å². The standard InChI is InChI=1S/C18H28N4O/c1-3-5-9-22-12-8-19-18(22)15-6-10-21(11-7-15)14-17-13-16(4-2)20-23-17/h8,12-13,15H,3-7,9-11,14H2,1-2H3. The van der Waals surface area contributed by atoms with Gasteiger partial charge in [-0.2, -0.15) is 0 Å². The fraction of sp³-hybridized carbons (Fsp3) is 0.667. The van der Waals surface area contributed by atoms with Gasteiger partial charge in [0.15, 0.2) is 5.76 Å². The first kappa shape index (κ1) is 16.2. The van der Waals surface area contributed by atoms with Crippen LogP contribution in [-0.2, 0) is 19.5 Å². The highest BCUT2D eigenvalue weighted by atomic mass is 16.5. The van der Waals surface area contributed by atoms with E-state index in [0.29, 0.717) is 5.92 Å². The van der Waals surface area contributed by atoms with Crippen molar-refractivity contribution in [1.82, 2.24) is 19.6 Å². The number of piperidine rings is 1. The van der Waals surface area contributed by atoms with Crippen LogP contribution in [0.25, 0.3) is 0 Å². The second-order valence-corrected chi connectivity index (χ2v) is 6.52. The summed E-state index contributed by atoms with van der Waals surface area (Å²) >= 11 is 0. The number of hydrogen-bond donors (Lipinski definition) is 0. The van der Waals surface area contributed by atoms with Crippen LogP contribution in [0.1, 0.15) is 62.7 Å². The summed E-state index contributed by atoms with van der Waals surface area (Å²) in [6, 6.07) is 2.09. The van der Waals surface area contributed by atoms with Gasteiger partial charge in [0.2, 0.25) is 0 Å². The molecule has 2 aromatic heterocycles. The van der Waals surface area contributed by atoms with Crippen molar-refractivity contribution in [2.75, 3.05) is 13.1 Å². The number of likely N-dealkylation sites (tertiary alicyclic amines) is 1. The molecule has 0 atom stereocenters. The van der Waals surface area contributed by atoms with Crippen LogP contribution >= 0.6 is 0 Å². The van der Waals surface area contributed by atoms with Gasteiger partial charge in [0.25, 0.3) is 0 Å². The maximum atomic E-state index is 5.41. The lowest BCUT2D eigenvalue weighted by Gasteiger charge is -2.31. The van der Waals surface area contributed by atoms with Crippen molar-refractivity contribution >= 4 is 0 Å². The zero-order valence-electron chi connectivity index (χ0n) is 14.4. The Bertz CT molecular complexity index is 596. The second kappa shape index (κ2) is 7.77. The molecule has 0 N–H and O–H groups in total. The van der Waals surface area contributed by atoms with Crippen molar-refractivity contribution in [3.63, 3.8) is 0 Å². The van der Waals surface area contributed by atoms with Crippen LogP contribution in [0.3, 0.4) is 0 Å².